The molecule has 0 heterocycles. The van der Waals surface area contributed by atoms with Gasteiger partial charge in [-0.1, -0.05) is 20.8 Å². The molecule has 0 N–H and O–H groups in total. The topological polar surface area (TPSA) is 43.4 Å². The van der Waals surface area contributed by atoms with E-state index in [0.29, 0.717) is 24.7 Å². The van der Waals surface area contributed by atoms with Gasteiger partial charge in [0.25, 0.3) is 0 Å². The highest BCUT2D eigenvalue weighted by Crippen LogP contribution is 2.46. The Kier molecular flexibility index (Phi) is 3.53. The van der Waals surface area contributed by atoms with Gasteiger partial charge in [-0.05, 0) is 17.8 Å². The van der Waals surface area contributed by atoms with Crippen molar-refractivity contribution in [3.8, 4) is 0 Å². The number of Topliss-reactive ketones (excluding diaryl/α,β-unsaturated/α-hetero) is 1. The standard InChI is InChI=1S/C12H20O3/c1-8-11(14)7-10(12(8,3)4)5-6-15-9(2)13/h8,10H,5-7H2,1-4H3. The van der Waals surface area contributed by atoms with Crippen LogP contribution in [-0.4, -0.2) is 18.4 Å². The molecule has 1 aliphatic rings. The van der Waals surface area contributed by atoms with Crippen molar-refractivity contribution < 1.29 is 14.3 Å². The van der Waals surface area contributed by atoms with Crippen LogP contribution in [0.2, 0.25) is 0 Å². The van der Waals surface area contributed by atoms with Crippen LogP contribution < -0.4 is 0 Å². The number of esters is 1. The molecular formula is C12H20O3. The van der Waals surface area contributed by atoms with Crippen molar-refractivity contribution in [2.24, 2.45) is 17.3 Å². The van der Waals surface area contributed by atoms with E-state index < -0.39 is 0 Å². The summed E-state index contributed by atoms with van der Waals surface area (Å²) in [5.74, 6) is 0.567. The van der Waals surface area contributed by atoms with Crippen molar-refractivity contribution in [1.29, 1.82) is 0 Å². The molecule has 2 atom stereocenters. The number of ketones is 1. The zero-order chi connectivity index (χ0) is 11.6. The highest BCUT2D eigenvalue weighted by atomic mass is 16.5. The number of ether oxygens (including phenoxy) is 1. The van der Waals surface area contributed by atoms with Crippen LogP contribution in [-0.2, 0) is 14.3 Å². The second-order valence-corrected chi connectivity index (χ2v) is 5.04. The molecule has 0 spiro atoms. The third kappa shape index (κ3) is 2.58. The number of carbonyl (C=O) groups is 2. The van der Waals surface area contributed by atoms with E-state index in [-0.39, 0.29) is 17.3 Å². The summed E-state index contributed by atoms with van der Waals surface area (Å²) in [5, 5.41) is 0. The van der Waals surface area contributed by atoms with E-state index >= 15 is 0 Å². The second-order valence-electron chi connectivity index (χ2n) is 5.04. The number of carbonyl (C=O) groups excluding carboxylic acids is 2. The van der Waals surface area contributed by atoms with Crippen LogP contribution in [0.15, 0.2) is 0 Å². The molecule has 0 bridgehead atoms. The van der Waals surface area contributed by atoms with Gasteiger partial charge in [-0.25, -0.2) is 0 Å². The molecule has 0 aromatic heterocycles. The van der Waals surface area contributed by atoms with Crippen LogP contribution in [0.3, 0.4) is 0 Å². The Hall–Kier alpha value is -0.860. The number of hydrogen-bond donors (Lipinski definition) is 0. The third-order valence-corrected chi connectivity index (χ3v) is 3.87. The van der Waals surface area contributed by atoms with Gasteiger partial charge in [0.05, 0.1) is 6.61 Å². The predicted octanol–water partition coefficient (Wildman–Crippen LogP) is 2.19. The molecule has 0 aromatic carbocycles. The molecule has 0 amide bonds. The molecule has 1 rings (SSSR count). The summed E-state index contributed by atoms with van der Waals surface area (Å²) in [5.41, 5.74) is 0.0389. The lowest BCUT2D eigenvalue weighted by molar-refractivity contribution is -0.141. The molecule has 1 saturated carbocycles. The van der Waals surface area contributed by atoms with Crippen molar-refractivity contribution in [1.82, 2.24) is 0 Å². The van der Waals surface area contributed by atoms with Crippen LogP contribution in [0.4, 0.5) is 0 Å². The molecule has 0 aliphatic heterocycles. The van der Waals surface area contributed by atoms with Crippen LogP contribution in [0.5, 0.6) is 0 Å². The lowest BCUT2D eigenvalue weighted by Gasteiger charge is -2.29. The quantitative estimate of drug-likeness (QED) is 0.673. The Morgan fingerprint density at radius 2 is 2.13 bits per heavy atom. The van der Waals surface area contributed by atoms with Gasteiger partial charge in [0.2, 0.25) is 0 Å². The Bertz CT molecular complexity index is 268. The Labute approximate surface area is 91.2 Å². The minimum absolute atomic E-state index is 0.0389. The van der Waals surface area contributed by atoms with E-state index in [4.69, 9.17) is 4.74 Å². The molecule has 0 aromatic rings. The van der Waals surface area contributed by atoms with Crippen LogP contribution in [0.1, 0.15) is 40.5 Å². The van der Waals surface area contributed by atoms with Crippen molar-refractivity contribution >= 4 is 11.8 Å². The minimum Gasteiger partial charge on any atom is -0.466 e. The average Bonchev–Trinajstić information content (AvgIpc) is 2.30. The van der Waals surface area contributed by atoms with Crippen molar-refractivity contribution in [3.05, 3.63) is 0 Å². The zero-order valence-electron chi connectivity index (χ0n) is 10.0. The first-order valence-corrected chi connectivity index (χ1v) is 5.51. The van der Waals surface area contributed by atoms with E-state index in [1.54, 1.807) is 0 Å². The normalized spacial score (nSPS) is 29.2. The first-order valence-electron chi connectivity index (χ1n) is 5.51. The monoisotopic (exact) mass is 212 g/mol. The fourth-order valence-corrected chi connectivity index (χ4v) is 2.27. The van der Waals surface area contributed by atoms with Crippen LogP contribution >= 0.6 is 0 Å². The summed E-state index contributed by atoms with van der Waals surface area (Å²) < 4.78 is 4.92. The lowest BCUT2D eigenvalue weighted by Crippen LogP contribution is -2.25. The zero-order valence-corrected chi connectivity index (χ0v) is 10.0. The molecule has 0 saturated heterocycles. The summed E-state index contributed by atoms with van der Waals surface area (Å²) in [6.45, 7) is 8.09. The van der Waals surface area contributed by atoms with E-state index in [1.165, 1.54) is 6.92 Å². The summed E-state index contributed by atoms with van der Waals surface area (Å²) in [6, 6.07) is 0. The average molecular weight is 212 g/mol. The largest absolute Gasteiger partial charge is 0.466 e. The van der Waals surface area contributed by atoms with E-state index in [1.807, 2.05) is 6.92 Å². The van der Waals surface area contributed by atoms with Gasteiger partial charge in [0.1, 0.15) is 5.78 Å². The maximum absolute atomic E-state index is 11.6. The molecule has 86 valence electrons. The van der Waals surface area contributed by atoms with Gasteiger partial charge < -0.3 is 4.74 Å². The smallest absolute Gasteiger partial charge is 0.302 e. The molecule has 0 radical (unpaired) electrons. The first kappa shape index (κ1) is 12.2. The Morgan fingerprint density at radius 3 is 2.53 bits per heavy atom. The van der Waals surface area contributed by atoms with Gasteiger partial charge in [-0.3, -0.25) is 9.59 Å². The fourth-order valence-electron chi connectivity index (χ4n) is 2.27. The van der Waals surface area contributed by atoms with E-state index in [9.17, 15) is 9.59 Å². The van der Waals surface area contributed by atoms with Gasteiger partial charge in [0.15, 0.2) is 0 Å². The summed E-state index contributed by atoms with van der Waals surface area (Å²) >= 11 is 0. The molecule has 1 aliphatic carbocycles. The minimum atomic E-state index is -0.245. The Morgan fingerprint density at radius 1 is 1.53 bits per heavy atom. The number of rotatable bonds is 3. The van der Waals surface area contributed by atoms with Crippen LogP contribution in [0.25, 0.3) is 0 Å². The maximum atomic E-state index is 11.6. The van der Waals surface area contributed by atoms with Crippen LogP contribution in [0, 0.1) is 17.3 Å². The highest BCUT2D eigenvalue weighted by Gasteiger charge is 2.45. The van der Waals surface area contributed by atoms with Gasteiger partial charge >= 0.3 is 5.97 Å². The predicted molar refractivity (Wildman–Crippen MR) is 57.3 cm³/mol. The van der Waals surface area contributed by atoms with Gasteiger partial charge in [-0.2, -0.15) is 0 Å². The highest BCUT2D eigenvalue weighted by molar-refractivity contribution is 5.84. The molecule has 1 fully saturated rings. The maximum Gasteiger partial charge on any atom is 0.302 e. The Balaban J connectivity index is 2.49. The van der Waals surface area contributed by atoms with E-state index in [0.717, 1.165) is 6.42 Å². The SMILES string of the molecule is CC(=O)OCCC1CC(=O)C(C)C1(C)C. The van der Waals surface area contributed by atoms with Gasteiger partial charge in [0, 0.05) is 19.3 Å². The lowest BCUT2D eigenvalue weighted by atomic mass is 9.75. The summed E-state index contributed by atoms with van der Waals surface area (Å²) in [4.78, 5) is 22.2. The van der Waals surface area contributed by atoms with Gasteiger partial charge in [-0.15, -0.1) is 0 Å². The number of hydrogen-bond acceptors (Lipinski definition) is 3. The summed E-state index contributed by atoms with van der Waals surface area (Å²) in [6.07, 6.45) is 1.43. The summed E-state index contributed by atoms with van der Waals surface area (Å²) in [7, 11) is 0. The molecule has 3 heteroatoms. The van der Waals surface area contributed by atoms with Crippen molar-refractivity contribution in [3.63, 3.8) is 0 Å². The molecule has 15 heavy (non-hydrogen) atoms. The first-order chi connectivity index (χ1) is 6.85. The van der Waals surface area contributed by atoms with E-state index in [2.05, 4.69) is 13.8 Å². The third-order valence-electron chi connectivity index (χ3n) is 3.87. The fraction of sp³-hybridized carbons (Fsp3) is 0.833. The molecule has 2 unspecified atom stereocenters. The molecule has 3 nitrogen and oxygen atoms in total. The van der Waals surface area contributed by atoms with Crippen molar-refractivity contribution in [2.45, 2.75) is 40.5 Å². The second kappa shape index (κ2) is 4.33. The van der Waals surface area contributed by atoms with Crippen molar-refractivity contribution in [2.75, 3.05) is 6.61 Å². The molecular weight excluding hydrogens is 192 g/mol.